The third-order valence-electron chi connectivity index (χ3n) is 8.01. The number of fused-ring (bicyclic) bond motifs is 3. The zero-order chi connectivity index (χ0) is 27.5. The maximum absolute atomic E-state index is 14.5. The number of halogens is 1. The third kappa shape index (κ3) is 3.53. The van der Waals surface area contributed by atoms with Gasteiger partial charge in [-0.05, 0) is 46.3 Å². The Hall–Kier alpha value is -4.36. The van der Waals surface area contributed by atoms with Gasteiger partial charge in [-0.1, -0.05) is 72.3 Å². The van der Waals surface area contributed by atoms with Gasteiger partial charge in [-0.15, -0.1) is 0 Å². The molecule has 1 saturated heterocycles. The molecular weight excluding hydrogens is 514 g/mol. The van der Waals surface area contributed by atoms with Crippen LogP contribution in [0.1, 0.15) is 28.7 Å². The number of hydrogen-bond acceptors (Lipinski definition) is 5. The zero-order valence-electron chi connectivity index (χ0n) is 21.6. The lowest BCUT2D eigenvalue weighted by Crippen LogP contribution is -2.68. The van der Waals surface area contributed by atoms with Crippen LogP contribution in [0.15, 0.2) is 84.9 Å². The van der Waals surface area contributed by atoms with Gasteiger partial charge >= 0.3 is 6.03 Å². The van der Waals surface area contributed by atoms with Crippen LogP contribution in [0.3, 0.4) is 0 Å². The number of carbonyl (C=O) groups is 3. The molecule has 0 aliphatic carbocycles. The highest BCUT2D eigenvalue weighted by Crippen LogP contribution is 2.59. The molecule has 7 nitrogen and oxygen atoms in total. The number of nitrogens with zero attached hydrogens (tertiary/aromatic N) is 2. The molecule has 6 rings (SSSR count). The monoisotopic (exact) mass is 539 g/mol. The Morgan fingerprint density at radius 3 is 2.05 bits per heavy atom. The van der Waals surface area contributed by atoms with Crippen LogP contribution >= 0.6 is 11.6 Å². The Morgan fingerprint density at radius 1 is 0.795 bits per heavy atom. The highest BCUT2D eigenvalue weighted by Gasteiger charge is 2.66. The molecule has 39 heavy (non-hydrogen) atoms. The second-order valence-corrected chi connectivity index (χ2v) is 10.4. The summed E-state index contributed by atoms with van der Waals surface area (Å²) in [6.07, 6.45) is 0. The normalized spacial score (nSPS) is 20.3. The van der Waals surface area contributed by atoms with Crippen molar-refractivity contribution in [2.75, 3.05) is 26.5 Å². The van der Waals surface area contributed by atoms with E-state index in [1.807, 2.05) is 60.7 Å². The van der Waals surface area contributed by atoms with Gasteiger partial charge in [0.1, 0.15) is 5.75 Å². The molecule has 1 fully saturated rings. The van der Waals surface area contributed by atoms with Crippen molar-refractivity contribution in [3.8, 4) is 5.75 Å². The van der Waals surface area contributed by atoms with Crippen LogP contribution in [0.25, 0.3) is 10.8 Å². The fraction of sp³-hybridized carbons (Fsp3) is 0.194. The predicted octanol–water partition coefficient (Wildman–Crippen LogP) is 5.84. The van der Waals surface area contributed by atoms with Crippen LogP contribution in [0.5, 0.6) is 5.75 Å². The second kappa shape index (κ2) is 9.13. The summed E-state index contributed by atoms with van der Waals surface area (Å²) in [6, 6.07) is 25.0. The largest absolute Gasteiger partial charge is 0.497 e. The van der Waals surface area contributed by atoms with Crippen LogP contribution in [0.2, 0.25) is 5.02 Å². The number of barbiturate groups is 1. The summed E-state index contributed by atoms with van der Waals surface area (Å²) in [6.45, 7) is 0. The minimum atomic E-state index is -1.71. The molecule has 4 aromatic carbocycles. The molecule has 4 aromatic rings. The summed E-state index contributed by atoms with van der Waals surface area (Å²) in [7, 11) is 4.43. The number of imide groups is 2. The van der Waals surface area contributed by atoms with Gasteiger partial charge in [0.05, 0.1) is 13.2 Å². The van der Waals surface area contributed by atoms with Gasteiger partial charge < -0.3 is 10.1 Å². The van der Waals surface area contributed by atoms with Crippen molar-refractivity contribution < 1.29 is 19.1 Å². The molecule has 196 valence electrons. The van der Waals surface area contributed by atoms with Crippen molar-refractivity contribution in [1.82, 2.24) is 9.80 Å². The molecular formula is C31H26ClN3O4. The number of urea groups is 1. The van der Waals surface area contributed by atoms with Crippen molar-refractivity contribution >= 4 is 45.9 Å². The van der Waals surface area contributed by atoms with Crippen LogP contribution in [0, 0.1) is 5.41 Å². The maximum atomic E-state index is 14.5. The van der Waals surface area contributed by atoms with E-state index in [1.165, 1.54) is 14.1 Å². The summed E-state index contributed by atoms with van der Waals surface area (Å²) in [4.78, 5) is 44.0. The lowest BCUT2D eigenvalue weighted by Gasteiger charge is -2.53. The van der Waals surface area contributed by atoms with Gasteiger partial charge in [-0.3, -0.25) is 19.4 Å². The first-order valence-corrected chi connectivity index (χ1v) is 12.9. The number of nitrogens with one attached hydrogen (secondary N) is 1. The lowest BCUT2D eigenvalue weighted by molar-refractivity contribution is -0.160. The Morgan fingerprint density at radius 2 is 1.41 bits per heavy atom. The number of hydrogen-bond donors (Lipinski definition) is 1. The number of anilines is 1. The van der Waals surface area contributed by atoms with E-state index < -0.39 is 35.2 Å². The van der Waals surface area contributed by atoms with Gasteiger partial charge in [-0.25, -0.2) is 4.79 Å². The van der Waals surface area contributed by atoms with E-state index in [2.05, 4.69) is 5.32 Å². The predicted molar refractivity (Wildman–Crippen MR) is 150 cm³/mol. The molecule has 2 atom stereocenters. The third-order valence-corrected chi connectivity index (χ3v) is 8.27. The topological polar surface area (TPSA) is 79.0 Å². The van der Waals surface area contributed by atoms with Crippen molar-refractivity contribution in [2.24, 2.45) is 5.41 Å². The van der Waals surface area contributed by atoms with E-state index in [4.69, 9.17) is 16.3 Å². The molecule has 2 aliphatic heterocycles. The average Bonchev–Trinajstić information content (AvgIpc) is 2.98. The zero-order valence-corrected chi connectivity index (χ0v) is 22.4. The number of methoxy groups -OCH3 is 1. The van der Waals surface area contributed by atoms with E-state index in [9.17, 15) is 14.4 Å². The minimum Gasteiger partial charge on any atom is -0.497 e. The molecule has 1 N–H and O–H groups in total. The molecule has 2 aliphatic rings. The van der Waals surface area contributed by atoms with E-state index in [-0.39, 0.29) is 0 Å². The summed E-state index contributed by atoms with van der Waals surface area (Å²) in [5.41, 5.74) is 1.37. The molecule has 0 aromatic heterocycles. The molecule has 4 amide bonds. The fourth-order valence-corrected chi connectivity index (χ4v) is 6.27. The minimum absolute atomic E-state index is 0.540. The number of ether oxygens (including phenoxy) is 1. The smallest absolute Gasteiger partial charge is 0.332 e. The van der Waals surface area contributed by atoms with Crippen LogP contribution < -0.4 is 10.1 Å². The van der Waals surface area contributed by atoms with Crippen molar-refractivity contribution in [3.63, 3.8) is 0 Å². The molecule has 0 saturated carbocycles. The fourth-order valence-electron chi connectivity index (χ4n) is 6.14. The Labute approximate surface area is 230 Å². The van der Waals surface area contributed by atoms with E-state index in [0.717, 1.165) is 37.4 Å². The van der Waals surface area contributed by atoms with Crippen LogP contribution in [-0.2, 0) is 9.59 Å². The van der Waals surface area contributed by atoms with Gasteiger partial charge in [0.2, 0.25) is 11.8 Å². The molecule has 8 heteroatoms. The lowest BCUT2D eigenvalue weighted by atomic mass is 9.58. The number of benzene rings is 4. The van der Waals surface area contributed by atoms with Gasteiger partial charge in [0.25, 0.3) is 0 Å². The Bertz CT molecular complexity index is 1610. The average molecular weight is 540 g/mol. The molecule has 1 spiro atoms. The van der Waals surface area contributed by atoms with Crippen molar-refractivity contribution in [3.05, 3.63) is 107 Å². The molecule has 0 radical (unpaired) electrons. The highest BCUT2D eigenvalue weighted by atomic mass is 35.5. The van der Waals surface area contributed by atoms with Gasteiger partial charge in [-0.2, -0.15) is 0 Å². The maximum Gasteiger partial charge on any atom is 0.332 e. The first-order chi connectivity index (χ1) is 18.8. The quantitative estimate of drug-likeness (QED) is 0.331. The standard InChI is InChI=1S/C31H26ClN3O4/c1-34-28(36)31(29(37)35(2)30(34)38)25(19-8-13-21(32)14-9-19)24-17-12-18-6-4-5-7-23(18)26(24)33-27(31)20-10-15-22(39-3)16-11-20/h4-17,25,27,33H,1-3H3. The summed E-state index contributed by atoms with van der Waals surface area (Å²) in [5, 5.41) is 6.14. The Kier molecular flexibility index (Phi) is 5.84. The summed E-state index contributed by atoms with van der Waals surface area (Å²) < 4.78 is 5.37. The molecule has 2 unspecified atom stereocenters. The van der Waals surface area contributed by atoms with E-state index >= 15 is 0 Å². The van der Waals surface area contributed by atoms with E-state index in [0.29, 0.717) is 16.3 Å². The summed E-state index contributed by atoms with van der Waals surface area (Å²) >= 11 is 6.26. The Balaban J connectivity index is 1.73. The first kappa shape index (κ1) is 24.9. The van der Waals surface area contributed by atoms with Crippen molar-refractivity contribution in [1.29, 1.82) is 0 Å². The van der Waals surface area contributed by atoms with Gasteiger partial charge in [0, 0.05) is 36.1 Å². The first-order valence-electron chi connectivity index (χ1n) is 12.6. The van der Waals surface area contributed by atoms with Crippen LogP contribution in [-0.4, -0.2) is 48.9 Å². The molecule has 2 heterocycles. The SMILES string of the molecule is COc1ccc(C2Nc3c(ccc4ccccc34)C(c3ccc(Cl)cc3)C23C(=O)N(C)C(=O)N(C)C3=O)cc1. The van der Waals surface area contributed by atoms with E-state index in [1.54, 1.807) is 31.4 Å². The highest BCUT2D eigenvalue weighted by molar-refractivity contribution is 6.30. The van der Waals surface area contributed by atoms with Crippen molar-refractivity contribution in [2.45, 2.75) is 12.0 Å². The second-order valence-electron chi connectivity index (χ2n) is 9.97. The number of carbonyl (C=O) groups excluding carboxylic acids is 3. The van der Waals surface area contributed by atoms with Gasteiger partial charge in [0.15, 0.2) is 5.41 Å². The summed E-state index contributed by atoms with van der Waals surface area (Å²) in [5.74, 6) is -1.21. The molecule has 0 bridgehead atoms. The van der Waals surface area contributed by atoms with Crippen LogP contribution in [0.4, 0.5) is 10.5 Å². The number of rotatable bonds is 3. The number of amides is 4.